The standard InChI is InChI=1S/C14H23NO2/c1-10(2)15-8-12-7-14(17-11(12)3)9-16-13-5-4-6-13/h7,10,13,15H,4-6,8-9H2,1-3H3. The van der Waals surface area contributed by atoms with Crippen LogP contribution >= 0.6 is 0 Å². The fourth-order valence-electron chi connectivity index (χ4n) is 1.89. The van der Waals surface area contributed by atoms with Gasteiger partial charge in [0.05, 0.1) is 6.10 Å². The number of rotatable bonds is 6. The molecule has 1 fully saturated rings. The van der Waals surface area contributed by atoms with Crippen LogP contribution in [0.3, 0.4) is 0 Å². The van der Waals surface area contributed by atoms with Crippen molar-refractivity contribution < 1.29 is 9.15 Å². The predicted octanol–water partition coefficient (Wildman–Crippen LogP) is 3.16. The lowest BCUT2D eigenvalue weighted by Gasteiger charge is -2.24. The van der Waals surface area contributed by atoms with Crippen LogP contribution < -0.4 is 5.32 Å². The van der Waals surface area contributed by atoms with Crippen LogP contribution in [-0.4, -0.2) is 12.1 Å². The van der Waals surface area contributed by atoms with Gasteiger partial charge < -0.3 is 14.5 Å². The molecule has 1 aliphatic rings. The molecule has 96 valence electrons. The zero-order valence-corrected chi connectivity index (χ0v) is 11.1. The van der Waals surface area contributed by atoms with E-state index in [1.807, 2.05) is 6.92 Å². The maximum absolute atomic E-state index is 5.74. The Labute approximate surface area is 104 Å². The zero-order chi connectivity index (χ0) is 12.3. The highest BCUT2D eigenvalue weighted by molar-refractivity contribution is 5.20. The van der Waals surface area contributed by atoms with E-state index in [0.717, 1.165) is 18.1 Å². The van der Waals surface area contributed by atoms with Gasteiger partial charge in [-0.05, 0) is 32.3 Å². The first-order valence-corrected chi connectivity index (χ1v) is 6.58. The van der Waals surface area contributed by atoms with E-state index in [4.69, 9.17) is 9.15 Å². The number of furan rings is 1. The summed E-state index contributed by atoms with van der Waals surface area (Å²) in [5.74, 6) is 1.96. The van der Waals surface area contributed by atoms with Crippen LogP contribution in [0.25, 0.3) is 0 Å². The molecule has 3 heteroatoms. The van der Waals surface area contributed by atoms with Gasteiger partial charge in [-0.2, -0.15) is 0 Å². The van der Waals surface area contributed by atoms with Crippen molar-refractivity contribution in [3.05, 3.63) is 23.2 Å². The molecule has 1 aromatic rings. The molecule has 0 radical (unpaired) electrons. The fraction of sp³-hybridized carbons (Fsp3) is 0.714. The second kappa shape index (κ2) is 5.69. The minimum absolute atomic E-state index is 0.470. The fourth-order valence-corrected chi connectivity index (χ4v) is 1.89. The summed E-state index contributed by atoms with van der Waals surface area (Å²) in [4.78, 5) is 0. The number of hydrogen-bond donors (Lipinski definition) is 1. The summed E-state index contributed by atoms with van der Waals surface area (Å²) < 4.78 is 11.4. The van der Waals surface area contributed by atoms with Crippen molar-refractivity contribution >= 4 is 0 Å². The highest BCUT2D eigenvalue weighted by atomic mass is 16.5. The summed E-state index contributed by atoms with van der Waals surface area (Å²) >= 11 is 0. The third-order valence-electron chi connectivity index (χ3n) is 3.29. The maximum Gasteiger partial charge on any atom is 0.130 e. The van der Waals surface area contributed by atoms with Crippen molar-refractivity contribution in [2.75, 3.05) is 0 Å². The van der Waals surface area contributed by atoms with Gasteiger partial charge in [0, 0.05) is 18.2 Å². The number of ether oxygens (including phenoxy) is 1. The highest BCUT2D eigenvalue weighted by Gasteiger charge is 2.18. The van der Waals surface area contributed by atoms with Crippen molar-refractivity contribution in [1.82, 2.24) is 5.32 Å². The maximum atomic E-state index is 5.74. The van der Waals surface area contributed by atoms with E-state index >= 15 is 0 Å². The van der Waals surface area contributed by atoms with Crippen LogP contribution in [0.2, 0.25) is 0 Å². The molecule has 0 atom stereocenters. The van der Waals surface area contributed by atoms with Gasteiger partial charge >= 0.3 is 0 Å². The Morgan fingerprint density at radius 1 is 1.47 bits per heavy atom. The van der Waals surface area contributed by atoms with Gasteiger partial charge in [-0.3, -0.25) is 0 Å². The SMILES string of the molecule is Cc1oc(COC2CCC2)cc1CNC(C)C. The lowest BCUT2D eigenvalue weighted by molar-refractivity contribution is -0.0159. The van der Waals surface area contributed by atoms with Crippen molar-refractivity contribution in [1.29, 1.82) is 0 Å². The Morgan fingerprint density at radius 2 is 2.24 bits per heavy atom. The summed E-state index contributed by atoms with van der Waals surface area (Å²) in [5, 5.41) is 3.40. The summed E-state index contributed by atoms with van der Waals surface area (Å²) in [6.07, 6.45) is 4.20. The second-order valence-electron chi connectivity index (χ2n) is 5.19. The molecule has 0 aromatic carbocycles. The van der Waals surface area contributed by atoms with E-state index < -0.39 is 0 Å². The van der Waals surface area contributed by atoms with Crippen LogP contribution in [0.4, 0.5) is 0 Å². The molecular formula is C14H23NO2. The van der Waals surface area contributed by atoms with Crippen molar-refractivity contribution in [3.8, 4) is 0 Å². The molecule has 17 heavy (non-hydrogen) atoms. The Balaban J connectivity index is 1.83. The molecule has 0 unspecified atom stereocenters. The summed E-state index contributed by atoms with van der Waals surface area (Å²) in [7, 11) is 0. The Bertz CT molecular complexity index is 353. The van der Waals surface area contributed by atoms with Gasteiger partial charge in [-0.15, -0.1) is 0 Å². The third kappa shape index (κ3) is 3.58. The van der Waals surface area contributed by atoms with Gasteiger partial charge in [-0.25, -0.2) is 0 Å². The van der Waals surface area contributed by atoms with Crippen LogP contribution in [-0.2, 0) is 17.9 Å². The van der Waals surface area contributed by atoms with E-state index in [1.54, 1.807) is 0 Å². The number of hydrogen-bond acceptors (Lipinski definition) is 3. The van der Waals surface area contributed by atoms with E-state index in [0.29, 0.717) is 18.8 Å². The van der Waals surface area contributed by atoms with Crippen LogP contribution in [0, 0.1) is 6.92 Å². The predicted molar refractivity (Wildman–Crippen MR) is 67.8 cm³/mol. The normalized spacial score (nSPS) is 16.5. The van der Waals surface area contributed by atoms with E-state index in [1.165, 1.54) is 24.8 Å². The quantitative estimate of drug-likeness (QED) is 0.825. The molecule has 3 nitrogen and oxygen atoms in total. The molecule has 0 saturated heterocycles. The summed E-state index contributed by atoms with van der Waals surface area (Å²) in [6, 6.07) is 2.61. The monoisotopic (exact) mass is 237 g/mol. The van der Waals surface area contributed by atoms with Crippen LogP contribution in [0.1, 0.15) is 50.2 Å². The van der Waals surface area contributed by atoms with Gasteiger partial charge in [0.1, 0.15) is 18.1 Å². The number of nitrogens with one attached hydrogen (secondary N) is 1. The van der Waals surface area contributed by atoms with Crippen LogP contribution in [0.15, 0.2) is 10.5 Å². The topological polar surface area (TPSA) is 34.4 Å². The van der Waals surface area contributed by atoms with E-state index in [2.05, 4.69) is 25.2 Å². The zero-order valence-electron chi connectivity index (χ0n) is 11.1. The lowest BCUT2D eigenvalue weighted by Crippen LogP contribution is -2.22. The van der Waals surface area contributed by atoms with E-state index in [-0.39, 0.29) is 0 Å². The summed E-state index contributed by atoms with van der Waals surface area (Å²) in [6.45, 7) is 7.81. The minimum Gasteiger partial charge on any atom is -0.464 e. The molecule has 0 bridgehead atoms. The Hall–Kier alpha value is -0.800. The largest absolute Gasteiger partial charge is 0.464 e. The first-order valence-electron chi connectivity index (χ1n) is 6.58. The average Bonchev–Trinajstić information content (AvgIpc) is 2.54. The second-order valence-corrected chi connectivity index (χ2v) is 5.19. The Kier molecular flexibility index (Phi) is 4.24. The third-order valence-corrected chi connectivity index (χ3v) is 3.29. The smallest absolute Gasteiger partial charge is 0.130 e. The minimum atomic E-state index is 0.470. The van der Waals surface area contributed by atoms with Gasteiger partial charge in [0.25, 0.3) is 0 Å². The Morgan fingerprint density at radius 3 is 2.82 bits per heavy atom. The van der Waals surface area contributed by atoms with Gasteiger partial charge in [-0.1, -0.05) is 13.8 Å². The van der Waals surface area contributed by atoms with Crippen molar-refractivity contribution in [2.45, 2.75) is 65.3 Å². The van der Waals surface area contributed by atoms with Gasteiger partial charge in [0.2, 0.25) is 0 Å². The molecule has 1 saturated carbocycles. The molecule has 0 amide bonds. The molecule has 1 heterocycles. The van der Waals surface area contributed by atoms with E-state index in [9.17, 15) is 0 Å². The molecule has 1 N–H and O–H groups in total. The average molecular weight is 237 g/mol. The lowest BCUT2D eigenvalue weighted by atomic mass is 9.96. The van der Waals surface area contributed by atoms with Gasteiger partial charge in [0.15, 0.2) is 0 Å². The molecule has 0 spiro atoms. The molecular weight excluding hydrogens is 214 g/mol. The summed E-state index contributed by atoms with van der Waals surface area (Å²) in [5.41, 5.74) is 1.24. The molecule has 1 aromatic heterocycles. The molecule has 2 rings (SSSR count). The molecule has 1 aliphatic carbocycles. The molecule has 0 aliphatic heterocycles. The first kappa shape index (κ1) is 12.7. The van der Waals surface area contributed by atoms with Crippen molar-refractivity contribution in [2.24, 2.45) is 0 Å². The van der Waals surface area contributed by atoms with Crippen LogP contribution in [0.5, 0.6) is 0 Å². The van der Waals surface area contributed by atoms with Crippen molar-refractivity contribution in [3.63, 3.8) is 0 Å². The first-order chi connectivity index (χ1) is 8.15. The highest BCUT2D eigenvalue weighted by Crippen LogP contribution is 2.24. The number of aryl methyl sites for hydroxylation is 1.